The number of hydrogen-bond acceptors (Lipinski definition) is 2. The van der Waals surface area contributed by atoms with Crippen LogP contribution in [0, 0.1) is 5.92 Å². The van der Waals surface area contributed by atoms with Crippen LogP contribution in [0.15, 0.2) is 60.7 Å². The first kappa shape index (κ1) is 15.1. The number of rotatable bonds is 7. The van der Waals surface area contributed by atoms with Gasteiger partial charge in [-0.3, -0.25) is 4.79 Å². The number of benzene rings is 2. The molecule has 0 aliphatic heterocycles. The molecule has 3 heteroatoms. The summed E-state index contributed by atoms with van der Waals surface area (Å²) in [5.41, 5.74) is 0.843. The Morgan fingerprint density at radius 1 is 1.05 bits per heavy atom. The quantitative estimate of drug-likeness (QED) is 0.830. The number of carbonyl (C=O) groups is 1. The SMILES string of the molecule is C[C@@H](CCOc1ccccc1)CC(=O)Nc1ccccc1. The first-order chi connectivity index (χ1) is 10.2. The van der Waals surface area contributed by atoms with Gasteiger partial charge in [-0.1, -0.05) is 43.3 Å². The van der Waals surface area contributed by atoms with Gasteiger partial charge in [0.15, 0.2) is 0 Å². The van der Waals surface area contributed by atoms with Crippen molar-refractivity contribution in [2.75, 3.05) is 11.9 Å². The van der Waals surface area contributed by atoms with Gasteiger partial charge in [0.05, 0.1) is 6.61 Å². The molecule has 0 radical (unpaired) electrons. The maximum atomic E-state index is 11.9. The van der Waals surface area contributed by atoms with Crippen molar-refractivity contribution >= 4 is 11.6 Å². The van der Waals surface area contributed by atoms with E-state index in [1.165, 1.54) is 0 Å². The van der Waals surface area contributed by atoms with Crippen molar-refractivity contribution in [2.24, 2.45) is 5.92 Å². The van der Waals surface area contributed by atoms with Crippen molar-refractivity contribution in [1.29, 1.82) is 0 Å². The monoisotopic (exact) mass is 283 g/mol. The zero-order valence-electron chi connectivity index (χ0n) is 12.3. The summed E-state index contributed by atoms with van der Waals surface area (Å²) in [6.07, 6.45) is 1.37. The molecule has 1 atom stereocenters. The summed E-state index contributed by atoms with van der Waals surface area (Å²) in [6.45, 7) is 2.70. The van der Waals surface area contributed by atoms with Gasteiger partial charge in [-0.05, 0) is 36.6 Å². The third kappa shape index (κ3) is 5.69. The molecule has 0 spiro atoms. The Labute approximate surface area is 126 Å². The minimum Gasteiger partial charge on any atom is -0.494 e. The number of para-hydroxylation sites is 2. The Kier molecular flexibility index (Phi) is 5.83. The van der Waals surface area contributed by atoms with Gasteiger partial charge in [0.25, 0.3) is 0 Å². The number of hydrogen-bond donors (Lipinski definition) is 1. The molecule has 2 rings (SSSR count). The van der Waals surface area contributed by atoms with Crippen LogP contribution in [0.5, 0.6) is 5.75 Å². The van der Waals surface area contributed by atoms with Crippen LogP contribution in [0.4, 0.5) is 5.69 Å². The van der Waals surface area contributed by atoms with Gasteiger partial charge in [0.2, 0.25) is 5.91 Å². The molecular formula is C18H21NO2. The number of carbonyl (C=O) groups excluding carboxylic acids is 1. The highest BCUT2D eigenvalue weighted by Gasteiger charge is 2.09. The van der Waals surface area contributed by atoms with Gasteiger partial charge in [0, 0.05) is 12.1 Å². The Balaban J connectivity index is 1.67. The minimum atomic E-state index is 0.0495. The van der Waals surface area contributed by atoms with Crippen molar-refractivity contribution in [3.63, 3.8) is 0 Å². The molecule has 110 valence electrons. The van der Waals surface area contributed by atoms with Gasteiger partial charge in [0.1, 0.15) is 5.75 Å². The summed E-state index contributed by atoms with van der Waals surface area (Å²) in [5.74, 6) is 1.21. The highest BCUT2D eigenvalue weighted by Crippen LogP contribution is 2.13. The molecular weight excluding hydrogens is 262 g/mol. The van der Waals surface area contributed by atoms with E-state index in [-0.39, 0.29) is 11.8 Å². The van der Waals surface area contributed by atoms with Crippen molar-refractivity contribution in [3.05, 3.63) is 60.7 Å². The van der Waals surface area contributed by atoms with E-state index in [1.54, 1.807) is 0 Å². The normalized spacial score (nSPS) is 11.7. The van der Waals surface area contributed by atoms with Crippen LogP contribution in [0.1, 0.15) is 19.8 Å². The molecule has 2 aromatic carbocycles. The molecule has 0 aliphatic carbocycles. The molecule has 1 N–H and O–H groups in total. The number of ether oxygens (including phenoxy) is 1. The largest absolute Gasteiger partial charge is 0.494 e. The van der Waals surface area contributed by atoms with Gasteiger partial charge in [-0.2, -0.15) is 0 Å². The first-order valence-corrected chi connectivity index (χ1v) is 7.27. The van der Waals surface area contributed by atoms with E-state index in [2.05, 4.69) is 12.2 Å². The van der Waals surface area contributed by atoms with Crippen LogP contribution >= 0.6 is 0 Å². The Bertz CT molecular complexity index is 540. The average Bonchev–Trinajstić information content (AvgIpc) is 2.49. The molecule has 2 aromatic rings. The van der Waals surface area contributed by atoms with E-state index in [0.717, 1.165) is 17.9 Å². The van der Waals surface area contributed by atoms with E-state index in [0.29, 0.717) is 13.0 Å². The van der Waals surface area contributed by atoms with Crippen LogP contribution < -0.4 is 10.1 Å². The molecule has 1 amide bonds. The predicted molar refractivity (Wildman–Crippen MR) is 85.4 cm³/mol. The second-order valence-corrected chi connectivity index (χ2v) is 5.17. The minimum absolute atomic E-state index is 0.0495. The number of amides is 1. The molecule has 0 heterocycles. The van der Waals surface area contributed by atoms with E-state index in [1.807, 2.05) is 60.7 Å². The summed E-state index contributed by atoms with van der Waals surface area (Å²) in [7, 11) is 0. The fraction of sp³-hybridized carbons (Fsp3) is 0.278. The number of nitrogens with one attached hydrogen (secondary N) is 1. The molecule has 0 unspecified atom stereocenters. The Morgan fingerprint density at radius 3 is 2.33 bits per heavy atom. The van der Waals surface area contributed by atoms with Gasteiger partial charge < -0.3 is 10.1 Å². The molecule has 0 saturated heterocycles. The lowest BCUT2D eigenvalue weighted by Crippen LogP contribution is -2.16. The zero-order valence-corrected chi connectivity index (χ0v) is 12.3. The van der Waals surface area contributed by atoms with Crippen LogP contribution in [-0.4, -0.2) is 12.5 Å². The van der Waals surface area contributed by atoms with Gasteiger partial charge in [-0.25, -0.2) is 0 Å². The molecule has 0 aliphatic rings. The fourth-order valence-corrected chi connectivity index (χ4v) is 2.05. The van der Waals surface area contributed by atoms with Crippen molar-refractivity contribution in [3.8, 4) is 5.75 Å². The van der Waals surface area contributed by atoms with Crippen molar-refractivity contribution in [1.82, 2.24) is 0 Å². The third-order valence-electron chi connectivity index (χ3n) is 3.21. The van der Waals surface area contributed by atoms with Crippen LogP contribution in [0.3, 0.4) is 0 Å². The second-order valence-electron chi connectivity index (χ2n) is 5.17. The summed E-state index contributed by atoms with van der Waals surface area (Å²) in [4.78, 5) is 11.9. The standard InChI is InChI=1S/C18H21NO2/c1-15(12-13-21-17-10-6-3-7-11-17)14-18(20)19-16-8-4-2-5-9-16/h2-11,15H,12-14H2,1H3,(H,19,20)/t15-/m0/s1. The highest BCUT2D eigenvalue weighted by molar-refractivity contribution is 5.90. The van der Waals surface area contributed by atoms with Gasteiger partial charge >= 0.3 is 0 Å². The zero-order chi connectivity index (χ0) is 14.9. The summed E-state index contributed by atoms with van der Waals surface area (Å²) < 4.78 is 5.64. The first-order valence-electron chi connectivity index (χ1n) is 7.27. The van der Waals surface area contributed by atoms with E-state index in [4.69, 9.17) is 4.74 Å². The van der Waals surface area contributed by atoms with Crippen LogP contribution in [-0.2, 0) is 4.79 Å². The molecule has 0 bridgehead atoms. The number of anilines is 1. The topological polar surface area (TPSA) is 38.3 Å². The maximum absolute atomic E-state index is 11.9. The second kappa shape index (κ2) is 8.10. The highest BCUT2D eigenvalue weighted by atomic mass is 16.5. The molecule has 21 heavy (non-hydrogen) atoms. The molecule has 0 saturated carbocycles. The Morgan fingerprint density at radius 2 is 1.67 bits per heavy atom. The predicted octanol–water partition coefficient (Wildman–Crippen LogP) is 4.12. The lowest BCUT2D eigenvalue weighted by atomic mass is 10.0. The molecule has 0 fully saturated rings. The maximum Gasteiger partial charge on any atom is 0.224 e. The third-order valence-corrected chi connectivity index (χ3v) is 3.21. The van der Waals surface area contributed by atoms with Crippen molar-refractivity contribution < 1.29 is 9.53 Å². The van der Waals surface area contributed by atoms with Crippen LogP contribution in [0.2, 0.25) is 0 Å². The van der Waals surface area contributed by atoms with E-state index >= 15 is 0 Å². The van der Waals surface area contributed by atoms with Crippen LogP contribution in [0.25, 0.3) is 0 Å². The lowest BCUT2D eigenvalue weighted by Gasteiger charge is -2.12. The van der Waals surface area contributed by atoms with Crippen molar-refractivity contribution in [2.45, 2.75) is 19.8 Å². The summed E-state index contributed by atoms with van der Waals surface area (Å²) >= 11 is 0. The summed E-state index contributed by atoms with van der Waals surface area (Å²) in [5, 5.41) is 2.90. The summed E-state index contributed by atoms with van der Waals surface area (Å²) in [6, 6.07) is 19.3. The fourth-order valence-electron chi connectivity index (χ4n) is 2.05. The molecule has 0 aromatic heterocycles. The van der Waals surface area contributed by atoms with E-state index < -0.39 is 0 Å². The lowest BCUT2D eigenvalue weighted by molar-refractivity contribution is -0.117. The van der Waals surface area contributed by atoms with E-state index in [9.17, 15) is 4.79 Å². The van der Waals surface area contributed by atoms with Gasteiger partial charge in [-0.15, -0.1) is 0 Å². The average molecular weight is 283 g/mol. The molecule has 3 nitrogen and oxygen atoms in total. The smallest absolute Gasteiger partial charge is 0.224 e. The Hall–Kier alpha value is -2.29.